The van der Waals surface area contributed by atoms with Gasteiger partial charge in [-0.2, -0.15) is 0 Å². The number of nitrogens with zero attached hydrogens (tertiary/aromatic N) is 1. The Morgan fingerprint density at radius 3 is 2.89 bits per heavy atom. The summed E-state index contributed by atoms with van der Waals surface area (Å²) < 4.78 is 5.11. The number of rotatable bonds is 5. The number of aliphatic hydroxyl groups is 1. The summed E-state index contributed by atoms with van der Waals surface area (Å²) in [5.74, 6) is 0. The molecule has 0 saturated heterocycles. The third-order valence-electron chi connectivity index (χ3n) is 1.97. The van der Waals surface area contributed by atoms with Gasteiger partial charge in [-0.15, -0.1) is 11.3 Å². The number of aromatic nitrogens is 1. The second-order valence-corrected chi connectivity index (χ2v) is 5.84. The monoisotopic (exact) mass is 284 g/mol. The zero-order valence-electron chi connectivity index (χ0n) is 11.5. The van der Waals surface area contributed by atoms with Gasteiger partial charge in [0.15, 0.2) is 0 Å². The van der Waals surface area contributed by atoms with E-state index in [1.165, 1.54) is 11.3 Å². The van der Waals surface area contributed by atoms with Crippen molar-refractivity contribution in [2.45, 2.75) is 39.4 Å². The van der Waals surface area contributed by atoms with Gasteiger partial charge in [-0.05, 0) is 33.3 Å². The first-order valence-electron chi connectivity index (χ1n) is 6.09. The summed E-state index contributed by atoms with van der Waals surface area (Å²) in [6, 6.07) is 0. The molecule has 0 aromatic carbocycles. The van der Waals surface area contributed by atoms with Crippen molar-refractivity contribution in [1.29, 1.82) is 0 Å². The molecular weight excluding hydrogens is 264 g/mol. The Kier molecular flexibility index (Phi) is 5.98. The molecule has 0 atom stereocenters. The second kappa shape index (κ2) is 7.25. The summed E-state index contributed by atoms with van der Waals surface area (Å²) in [7, 11) is 0. The maximum absolute atomic E-state index is 11.3. The molecule has 0 radical (unpaired) electrons. The first-order valence-corrected chi connectivity index (χ1v) is 6.97. The average Bonchev–Trinajstić information content (AvgIpc) is 2.74. The normalized spacial score (nSPS) is 11.8. The van der Waals surface area contributed by atoms with Crippen LogP contribution in [0.25, 0.3) is 6.08 Å². The first-order chi connectivity index (χ1) is 8.90. The van der Waals surface area contributed by atoms with Gasteiger partial charge >= 0.3 is 6.09 Å². The highest BCUT2D eigenvalue weighted by molar-refractivity contribution is 7.10. The summed E-state index contributed by atoms with van der Waals surface area (Å²) in [5, 5.41) is 14.2. The molecule has 0 unspecified atom stereocenters. The van der Waals surface area contributed by atoms with Crippen molar-refractivity contribution in [3.05, 3.63) is 22.2 Å². The van der Waals surface area contributed by atoms with Crippen molar-refractivity contribution in [3.63, 3.8) is 0 Å². The lowest BCUT2D eigenvalue weighted by Gasteiger charge is -2.19. The van der Waals surface area contributed by atoms with Crippen LogP contribution in [0.5, 0.6) is 0 Å². The minimum Gasteiger partial charge on any atom is -0.444 e. The van der Waals surface area contributed by atoms with Gasteiger partial charge in [-0.1, -0.05) is 6.08 Å². The number of ether oxygens (including phenoxy) is 1. The molecule has 1 rings (SSSR count). The van der Waals surface area contributed by atoms with Crippen molar-refractivity contribution in [2.24, 2.45) is 0 Å². The van der Waals surface area contributed by atoms with E-state index >= 15 is 0 Å². The largest absolute Gasteiger partial charge is 0.444 e. The Balaban J connectivity index is 2.22. The van der Waals surface area contributed by atoms with Crippen molar-refractivity contribution in [3.8, 4) is 0 Å². The van der Waals surface area contributed by atoms with Crippen LogP contribution in [0.15, 0.2) is 11.5 Å². The summed E-state index contributed by atoms with van der Waals surface area (Å²) >= 11 is 1.48. The van der Waals surface area contributed by atoms with Crippen molar-refractivity contribution in [1.82, 2.24) is 10.3 Å². The molecule has 1 aromatic rings. The van der Waals surface area contributed by atoms with Gasteiger partial charge in [-0.25, -0.2) is 9.78 Å². The van der Waals surface area contributed by atoms with E-state index in [9.17, 15) is 4.79 Å². The predicted molar refractivity (Wildman–Crippen MR) is 75.9 cm³/mol. The number of hydrogen-bond acceptors (Lipinski definition) is 5. The molecular formula is C13H20N2O3S. The lowest BCUT2D eigenvalue weighted by atomic mass is 10.2. The fraction of sp³-hybridized carbons (Fsp3) is 0.538. The maximum atomic E-state index is 11.3. The number of carbonyl (C=O) groups excluding carboxylic acids is 1. The first kappa shape index (κ1) is 15.7. The van der Waals surface area contributed by atoms with Crippen LogP contribution in [0.2, 0.25) is 0 Å². The van der Waals surface area contributed by atoms with Crippen LogP contribution in [-0.4, -0.2) is 28.3 Å². The van der Waals surface area contributed by atoms with E-state index in [1.807, 2.05) is 38.3 Å². The van der Waals surface area contributed by atoms with Crippen molar-refractivity contribution < 1.29 is 14.6 Å². The van der Waals surface area contributed by atoms with Crippen LogP contribution in [0, 0.1) is 0 Å². The fourth-order valence-corrected chi connectivity index (χ4v) is 1.96. The summed E-state index contributed by atoms with van der Waals surface area (Å²) in [6.07, 6.45) is 4.10. The minimum absolute atomic E-state index is 0.0372. The SMILES string of the molecule is CC(C)(C)OC(=O)NCCC=Cc1nc(CO)cs1. The molecule has 0 saturated carbocycles. The predicted octanol–water partition coefficient (Wildman–Crippen LogP) is 2.56. The number of alkyl carbamates (subject to hydrolysis) is 1. The van der Waals surface area contributed by atoms with Crippen LogP contribution < -0.4 is 5.32 Å². The number of amides is 1. The van der Waals surface area contributed by atoms with Gasteiger partial charge in [0, 0.05) is 11.9 Å². The zero-order valence-corrected chi connectivity index (χ0v) is 12.3. The van der Waals surface area contributed by atoms with Crippen LogP contribution in [0.3, 0.4) is 0 Å². The fourth-order valence-electron chi connectivity index (χ4n) is 1.23. The molecule has 0 aliphatic carbocycles. The molecule has 2 N–H and O–H groups in total. The van der Waals surface area contributed by atoms with Gasteiger partial charge in [0.2, 0.25) is 0 Å². The Hall–Kier alpha value is -1.40. The Morgan fingerprint density at radius 1 is 1.58 bits per heavy atom. The maximum Gasteiger partial charge on any atom is 0.407 e. The third kappa shape index (κ3) is 6.93. The number of aliphatic hydroxyl groups excluding tert-OH is 1. The van der Waals surface area contributed by atoms with Crippen molar-refractivity contribution >= 4 is 23.5 Å². The molecule has 6 heteroatoms. The topological polar surface area (TPSA) is 71.5 Å². The minimum atomic E-state index is -0.471. The van der Waals surface area contributed by atoms with Gasteiger partial charge in [0.05, 0.1) is 12.3 Å². The number of carbonyl (C=O) groups is 1. The molecule has 106 valence electrons. The highest BCUT2D eigenvalue weighted by Gasteiger charge is 2.15. The third-order valence-corrected chi connectivity index (χ3v) is 2.83. The molecule has 1 heterocycles. The van der Waals surface area contributed by atoms with E-state index in [0.29, 0.717) is 18.7 Å². The number of thiazole rings is 1. The average molecular weight is 284 g/mol. The molecule has 19 heavy (non-hydrogen) atoms. The van der Waals surface area contributed by atoms with Crippen LogP contribution in [-0.2, 0) is 11.3 Å². The molecule has 1 amide bonds. The van der Waals surface area contributed by atoms with E-state index in [4.69, 9.17) is 9.84 Å². The molecule has 0 aliphatic rings. The summed E-state index contributed by atoms with van der Waals surface area (Å²) in [5.41, 5.74) is 0.207. The number of nitrogens with one attached hydrogen (secondary N) is 1. The Bertz CT molecular complexity index is 435. The zero-order chi connectivity index (χ0) is 14.3. The molecule has 0 aliphatic heterocycles. The van der Waals surface area contributed by atoms with Crippen LogP contribution in [0.1, 0.15) is 37.9 Å². The molecule has 0 bridgehead atoms. The molecule has 0 spiro atoms. The number of hydrogen-bond donors (Lipinski definition) is 2. The van der Waals surface area contributed by atoms with Crippen molar-refractivity contribution in [2.75, 3.05) is 6.54 Å². The highest BCUT2D eigenvalue weighted by Crippen LogP contribution is 2.11. The smallest absolute Gasteiger partial charge is 0.407 e. The van der Waals surface area contributed by atoms with E-state index < -0.39 is 11.7 Å². The molecule has 0 fully saturated rings. The Labute approximate surface area is 117 Å². The van der Waals surface area contributed by atoms with Crippen LogP contribution >= 0.6 is 11.3 Å². The molecule has 5 nitrogen and oxygen atoms in total. The van der Waals surface area contributed by atoms with E-state index in [1.54, 1.807) is 0 Å². The van der Waals surface area contributed by atoms with Gasteiger partial charge in [-0.3, -0.25) is 0 Å². The lowest BCUT2D eigenvalue weighted by Crippen LogP contribution is -2.32. The second-order valence-electron chi connectivity index (χ2n) is 4.95. The highest BCUT2D eigenvalue weighted by atomic mass is 32.1. The van der Waals surface area contributed by atoms with E-state index in [2.05, 4.69) is 10.3 Å². The Morgan fingerprint density at radius 2 is 2.32 bits per heavy atom. The van der Waals surface area contributed by atoms with E-state index in [-0.39, 0.29) is 6.61 Å². The summed E-state index contributed by atoms with van der Waals surface area (Å²) in [4.78, 5) is 15.5. The standard InChI is InChI=1S/C13H20N2O3S/c1-13(2,3)18-12(17)14-7-5-4-6-11-15-10(8-16)9-19-11/h4,6,9,16H,5,7-8H2,1-3H3,(H,14,17). The van der Waals surface area contributed by atoms with Gasteiger partial charge < -0.3 is 15.2 Å². The summed E-state index contributed by atoms with van der Waals surface area (Å²) in [6.45, 7) is 5.96. The van der Waals surface area contributed by atoms with Crippen LogP contribution in [0.4, 0.5) is 4.79 Å². The van der Waals surface area contributed by atoms with Gasteiger partial charge in [0.1, 0.15) is 10.6 Å². The van der Waals surface area contributed by atoms with Gasteiger partial charge in [0.25, 0.3) is 0 Å². The lowest BCUT2D eigenvalue weighted by molar-refractivity contribution is 0.0529. The van der Waals surface area contributed by atoms with E-state index in [0.717, 1.165) is 5.01 Å². The quantitative estimate of drug-likeness (QED) is 0.815. The molecule has 1 aromatic heterocycles.